The van der Waals surface area contributed by atoms with Crippen molar-refractivity contribution in [1.29, 1.82) is 5.26 Å². The molecule has 1 aromatic heterocycles. The van der Waals surface area contributed by atoms with Crippen LogP contribution in [0.1, 0.15) is 12.1 Å². The highest BCUT2D eigenvalue weighted by atomic mass is 16.5. The largest absolute Gasteiger partial charge is 0.380 e. The highest BCUT2D eigenvalue weighted by Gasteiger charge is 2.30. The summed E-state index contributed by atoms with van der Waals surface area (Å²) in [6.07, 6.45) is 1.36. The molecule has 1 aliphatic heterocycles. The normalized spacial score (nSPS) is 23.3. The van der Waals surface area contributed by atoms with Crippen LogP contribution >= 0.6 is 0 Å². The SMILES string of the molecule is CO[C@H]1C[C@@H](CN(C)c2cccc(C#N)n2)N(C)C1. The van der Waals surface area contributed by atoms with Crippen LogP contribution in [0, 0.1) is 11.3 Å². The number of ether oxygens (including phenoxy) is 1. The summed E-state index contributed by atoms with van der Waals surface area (Å²) in [6, 6.07) is 8.06. The summed E-state index contributed by atoms with van der Waals surface area (Å²) in [5.41, 5.74) is 0.457. The van der Waals surface area contributed by atoms with Gasteiger partial charge in [-0.1, -0.05) is 6.07 Å². The molecule has 2 heterocycles. The smallest absolute Gasteiger partial charge is 0.142 e. The van der Waals surface area contributed by atoms with E-state index in [1.54, 1.807) is 13.2 Å². The molecule has 19 heavy (non-hydrogen) atoms. The van der Waals surface area contributed by atoms with E-state index in [-0.39, 0.29) is 0 Å². The molecule has 0 spiro atoms. The zero-order valence-corrected chi connectivity index (χ0v) is 11.7. The van der Waals surface area contributed by atoms with Gasteiger partial charge in [0.25, 0.3) is 0 Å². The molecule has 102 valence electrons. The summed E-state index contributed by atoms with van der Waals surface area (Å²) >= 11 is 0. The number of nitrogens with zero attached hydrogens (tertiary/aromatic N) is 4. The van der Waals surface area contributed by atoms with Crippen LogP contribution in [0.3, 0.4) is 0 Å². The molecule has 0 radical (unpaired) electrons. The number of likely N-dealkylation sites (N-methyl/N-ethyl adjacent to an activating group) is 2. The van der Waals surface area contributed by atoms with Gasteiger partial charge in [-0.05, 0) is 25.6 Å². The van der Waals surface area contributed by atoms with Crippen molar-refractivity contribution in [2.75, 3.05) is 39.2 Å². The average Bonchev–Trinajstić information content (AvgIpc) is 2.79. The molecular formula is C14H20N4O. The van der Waals surface area contributed by atoms with Crippen molar-refractivity contribution < 1.29 is 4.74 Å². The first-order chi connectivity index (χ1) is 9.13. The lowest BCUT2D eigenvalue weighted by Gasteiger charge is -2.26. The van der Waals surface area contributed by atoms with E-state index in [9.17, 15) is 0 Å². The second kappa shape index (κ2) is 6.00. The highest BCUT2D eigenvalue weighted by molar-refractivity contribution is 5.40. The number of rotatable bonds is 4. The number of hydrogen-bond acceptors (Lipinski definition) is 5. The monoisotopic (exact) mass is 260 g/mol. The van der Waals surface area contributed by atoms with E-state index in [1.807, 2.05) is 19.2 Å². The fourth-order valence-corrected chi connectivity index (χ4v) is 2.52. The predicted octanol–water partition coefficient (Wildman–Crippen LogP) is 1.11. The van der Waals surface area contributed by atoms with E-state index in [0.29, 0.717) is 17.8 Å². The molecular weight excluding hydrogens is 240 g/mol. The van der Waals surface area contributed by atoms with Crippen LogP contribution < -0.4 is 4.90 Å². The lowest BCUT2D eigenvalue weighted by molar-refractivity contribution is 0.111. The second-order valence-corrected chi connectivity index (χ2v) is 5.06. The highest BCUT2D eigenvalue weighted by Crippen LogP contribution is 2.20. The van der Waals surface area contributed by atoms with Crippen molar-refractivity contribution in [3.63, 3.8) is 0 Å². The quantitative estimate of drug-likeness (QED) is 0.811. The molecule has 0 bridgehead atoms. The van der Waals surface area contributed by atoms with Crippen molar-refractivity contribution in [1.82, 2.24) is 9.88 Å². The van der Waals surface area contributed by atoms with E-state index < -0.39 is 0 Å². The fraction of sp³-hybridized carbons (Fsp3) is 0.571. The molecule has 0 unspecified atom stereocenters. The molecule has 0 saturated carbocycles. The third-order valence-corrected chi connectivity index (χ3v) is 3.71. The van der Waals surface area contributed by atoms with Crippen molar-refractivity contribution in [3.05, 3.63) is 23.9 Å². The number of pyridine rings is 1. The molecule has 1 saturated heterocycles. The molecule has 0 amide bonds. The number of aromatic nitrogens is 1. The predicted molar refractivity (Wildman–Crippen MR) is 74.1 cm³/mol. The van der Waals surface area contributed by atoms with Crippen LogP contribution in [-0.4, -0.2) is 56.3 Å². The Bertz CT molecular complexity index is 471. The van der Waals surface area contributed by atoms with Gasteiger partial charge in [-0.15, -0.1) is 0 Å². The van der Waals surface area contributed by atoms with Gasteiger partial charge < -0.3 is 9.64 Å². The van der Waals surface area contributed by atoms with Gasteiger partial charge in [-0.3, -0.25) is 4.90 Å². The maximum Gasteiger partial charge on any atom is 0.142 e. The van der Waals surface area contributed by atoms with Gasteiger partial charge >= 0.3 is 0 Å². The molecule has 1 aromatic rings. The van der Waals surface area contributed by atoms with Crippen molar-refractivity contribution in [2.45, 2.75) is 18.6 Å². The van der Waals surface area contributed by atoms with Gasteiger partial charge in [0.15, 0.2) is 0 Å². The molecule has 2 rings (SSSR count). The molecule has 5 heteroatoms. The summed E-state index contributed by atoms with van der Waals surface area (Å²) in [7, 11) is 5.90. The second-order valence-electron chi connectivity index (χ2n) is 5.06. The molecule has 0 aromatic carbocycles. The Balaban J connectivity index is 2.01. The van der Waals surface area contributed by atoms with Gasteiger partial charge in [-0.25, -0.2) is 4.98 Å². The molecule has 1 aliphatic rings. The lowest BCUT2D eigenvalue weighted by atomic mass is 10.2. The summed E-state index contributed by atoms with van der Waals surface area (Å²) < 4.78 is 5.42. The lowest BCUT2D eigenvalue weighted by Crippen LogP contribution is -2.37. The number of methoxy groups -OCH3 is 1. The Labute approximate surface area is 114 Å². The van der Waals surface area contributed by atoms with E-state index in [0.717, 1.165) is 25.3 Å². The number of hydrogen-bond donors (Lipinski definition) is 0. The summed E-state index contributed by atoms with van der Waals surface area (Å²) in [4.78, 5) is 8.73. The maximum atomic E-state index is 8.88. The Morgan fingerprint density at radius 3 is 3.00 bits per heavy atom. The zero-order valence-electron chi connectivity index (χ0n) is 11.7. The first kappa shape index (κ1) is 13.8. The van der Waals surface area contributed by atoms with Gasteiger partial charge in [0.05, 0.1) is 6.10 Å². The van der Waals surface area contributed by atoms with E-state index in [2.05, 4.69) is 27.9 Å². The summed E-state index contributed by atoms with van der Waals surface area (Å²) in [5, 5.41) is 8.88. The van der Waals surface area contributed by atoms with Crippen molar-refractivity contribution >= 4 is 5.82 Å². The fourth-order valence-electron chi connectivity index (χ4n) is 2.52. The third-order valence-electron chi connectivity index (χ3n) is 3.71. The van der Waals surface area contributed by atoms with Gasteiger partial charge in [0.1, 0.15) is 17.6 Å². The van der Waals surface area contributed by atoms with Crippen LogP contribution in [-0.2, 0) is 4.74 Å². The van der Waals surface area contributed by atoms with Crippen LogP contribution in [0.4, 0.5) is 5.82 Å². The minimum Gasteiger partial charge on any atom is -0.380 e. The van der Waals surface area contributed by atoms with E-state index in [1.165, 1.54) is 0 Å². The maximum absolute atomic E-state index is 8.88. The molecule has 2 atom stereocenters. The van der Waals surface area contributed by atoms with Crippen LogP contribution in [0.25, 0.3) is 0 Å². The van der Waals surface area contributed by atoms with Crippen LogP contribution in [0.15, 0.2) is 18.2 Å². The topological polar surface area (TPSA) is 52.4 Å². The van der Waals surface area contributed by atoms with Gasteiger partial charge in [-0.2, -0.15) is 5.26 Å². The molecule has 5 nitrogen and oxygen atoms in total. The van der Waals surface area contributed by atoms with Crippen LogP contribution in [0.2, 0.25) is 0 Å². The molecule has 0 aliphatic carbocycles. The number of anilines is 1. The minimum atomic E-state index is 0.321. The average molecular weight is 260 g/mol. The van der Waals surface area contributed by atoms with Gasteiger partial charge in [0.2, 0.25) is 0 Å². The molecule has 0 N–H and O–H groups in total. The summed E-state index contributed by atoms with van der Waals surface area (Å²) in [6.45, 7) is 1.86. The Morgan fingerprint density at radius 1 is 1.58 bits per heavy atom. The van der Waals surface area contributed by atoms with Crippen LogP contribution in [0.5, 0.6) is 0 Å². The van der Waals surface area contributed by atoms with Crippen molar-refractivity contribution in [3.8, 4) is 6.07 Å². The van der Waals surface area contributed by atoms with E-state index in [4.69, 9.17) is 10.00 Å². The number of likely N-dealkylation sites (tertiary alicyclic amines) is 1. The summed E-state index contributed by atoms with van der Waals surface area (Å²) in [5.74, 6) is 0.841. The van der Waals surface area contributed by atoms with E-state index >= 15 is 0 Å². The Morgan fingerprint density at radius 2 is 2.37 bits per heavy atom. The third kappa shape index (κ3) is 3.22. The standard InChI is InChI=1S/C14H20N4O/c1-17-10-13(19-3)7-12(17)9-18(2)14-6-4-5-11(8-15)16-14/h4-6,12-13H,7,9-10H2,1-3H3/t12-,13-/m0/s1. The number of nitriles is 1. The first-order valence-electron chi connectivity index (χ1n) is 6.45. The minimum absolute atomic E-state index is 0.321. The first-order valence-corrected chi connectivity index (χ1v) is 6.45. The Kier molecular flexibility index (Phi) is 4.35. The van der Waals surface area contributed by atoms with Gasteiger partial charge in [0, 0.05) is 33.3 Å². The zero-order chi connectivity index (χ0) is 13.8. The van der Waals surface area contributed by atoms with Crippen molar-refractivity contribution in [2.24, 2.45) is 0 Å². The Hall–Kier alpha value is -1.64. The molecule has 1 fully saturated rings.